The average molecular weight is 508 g/mol. The Bertz CT molecular complexity index is 1370. The van der Waals surface area contributed by atoms with Crippen molar-refractivity contribution in [2.45, 2.75) is 27.7 Å². The highest BCUT2D eigenvalue weighted by Gasteiger charge is 2.22. The minimum absolute atomic E-state index is 0.00274. The van der Waals surface area contributed by atoms with Gasteiger partial charge in [-0.15, -0.1) is 0 Å². The van der Waals surface area contributed by atoms with E-state index in [2.05, 4.69) is 26.3 Å². The fourth-order valence-corrected chi connectivity index (χ4v) is 2.51. The lowest BCUT2D eigenvalue weighted by Gasteiger charge is -2.15. The molecule has 0 bridgehead atoms. The topological polar surface area (TPSA) is 105 Å². The third-order valence-corrected chi connectivity index (χ3v) is 4.48. The van der Waals surface area contributed by atoms with Crippen LogP contribution < -0.4 is 18.9 Å². The first kappa shape index (κ1) is 28.4. The van der Waals surface area contributed by atoms with Gasteiger partial charge < -0.3 is 18.9 Å². The molecule has 0 saturated carbocycles. The number of esters is 4. The molecule has 0 radical (unpaired) electrons. The van der Waals surface area contributed by atoms with E-state index >= 15 is 4.39 Å². The minimum Gasteiger partial charge on any atom is -0.423 e. The molecule has 0 atom stereocenters. The smallest absolute Gasteiger partial charge is 0.338 e. The minimum atomic E-state index is -0.992. The van der Waals surface area contributed by atoms with Crippen LogP contribution in [0.4, 0.5) is 4.39 Å². The van der Waals surface area contributed by atoms with Crippen molar-refractivity contribution in [3.05, 3.63) is 84.8 Å². The molecule has 37 heavy (non-hydrogen) atoms. The van der Waals surface area contributed by atoms with Crippen LogP contribution in [0, 0.1) is 5.82 Å². The van der Waals surface area contributed by atoms with E-state index in [9.17, 15) is 19.2 Å². The van der Waals surface area contributed by atoms with Crippen molar-refractivity contribution in [2.24, 2.45) is 0 Å². The first-order valence-electron chi connectivity index (χ1n) is 10.7. The maximum Gasteiger partial charge on any atom is 0.338 e. The molecule has 2 aromatic rings. The molecule has 0 spiro atoms. The van der Waals surface area contributed by atoms with Gasteiger partial charge in [0, 0.05) is 33.9 Å². The summed E-state index contributed by atoms with van der Waals surface area (Å²) in [6, 6.07) is 6.03. The van der Waals surface area contributed by atoms with E-state index < -0.39 is 35.4 Å². The van der Waals surface area contributed by atoms with Crippen LogP contribution in [-0.2, 0) is 19.2 Å². The summed E-state index contributed by atoms with van der Waals surface area (Å²) in [6.45, 7) is 19.6. The number of carbonyl (C=O) groups excluding carboxylic acids is 4. The summed E-state index contributed by atoms with van der Waals surface area (Å²) in [7, 11) is 0. The van der Waals surface area contributed by atoms with E-state index in [0.717, 1.165) is 6.07 Å². The van der Waals surface area contributed by atoms with E-state index in [1.165, 1.54) is 52.0 Å². The highest BCUT2D eigenvalue weighted by atomic mass is 19.1. The number of carbonyl (C=O) groups is 4. The lowest BCUT2D eigenvalue weighted by atomic mass is 10.0. The first-order valence-corrected chi connectivity index (χ1v) is 10.7. The maximum absolute atomic E-state index is 15.5. The predicted molar refractivity (Wildman–Crippen MR) is 134 cm³/mol. The van der Waals surface area contributed by atoms with Gasteiger partial charge >= 0.3 is 23.9 Å². The fraction of sp³-hybridized carbons (Fsp3) is 0.143. The normalized spacial score (nSPS) is 10.1. The van der Waals surface area contributed by atoms with E-state index in [1.54, 1.807) is 0 Å². The average Bonchev–Trinajstić information content (AvgIpc) is 2.81. The van der Waals surface area contributed by atoms with Gasteiger partial charge in [-0.1, -0.05) is 32.4 Å². The third kappa shape index (κ3) is 7.35. The molecule has 0 N–H and O–H groups in total. The van der Waals surface area contributed by atoms with Crippen molar-refractivity contribution in [3.8, 4) is 34.1 Å². The van der Waals surface area contributed by atoms with Crippen LogP contribution in [0.1, 0.15) is 27.7 Å². The Labute approximate surface area is 213 Å². The summed E-state index contributed by atoms with van der Waals surface area (Å²) < 4.78 is 36.3. The SMILES string of the molecule is C=C(C)C(=O)Oc1cc(OC(=O)C(=C)C)c(F)c(-c2ccc(OC(=O)C(=C)C)c(OC(=O)C(=C)C)c2)c1. The van der Waals surface area contributed by atoms with Gasteiger partial charge in [0.15, 0.2) is 23.1 Å². The van der Waals surface area contributed by atoms with Gasteiger partial charge in [0.2, 0.25) is 0 Å². The summed E-state index contributed by atoms with van der Waals surface area (Å²) in [5.74, 6) is -5.40. The molecule has 0 fully saturated rings. The fourth-order valence-electron chi connectivity index (χ4n) is 2.51. The highest BCUT2D eigenvalue weighted by Crippen LogP contribution is 2.39. The summed E-state index contributed by atoms with van der Waals surface area (Å²) in [5.41, 5.74) is 0.117. The molecule has 9 heteroatoms. The second kappa shape index (κ2) is 11.8. The third-order valence-electron chi connectivity index (χ3n) is 4.48. The molecule has 192 valence electrons. The van der Waals surface area contributed by atoms with Crippen molar-refractivity contribution in [1.82, 2.24) is 0 Å². The zero-order valence-corrected chi connectivity index (χ0v) is 20.9. The molecule has 0 aliphatic rings. The molecular weight excluding hydrogens is 483 g/mol. The van der Waals surface area contributed by atoms with Crippen LogP contribution in [0.2, 0.25) is 0 Å². The van der Waals surface area contributed by atoms with E-state index in [1.807, 2.05) is 0 Å². The van der Waals surface area contributed by atoms with Crippen LogP contribution in [0.25, 0.3) is 11.1 Å². The van der Waals surface area contributed by atoms with Crippen LogP contribution >= 0.6 is 0 Å². The molecule has 8 nitrogen and oxygen atoms in total. The Kier molecular flexibility index (Phi) is 9.04. The van der Waals surface area contributed by atoms with Crippen LogP contribution in [0.5, 0.6) is 23.0 Å². The molecule has 2 rings (SSSR count). The largest absolute Gasteiger partial charge is 0.423 e. The van der Waals surface area contributed by atoms with Crippen LogP contribution in [0.3, 0.4) is 0 Å². The zero-order valence-electron chi connectivity index (χ0n) is 20.9. The Morgan fingerprint density at radius 1 is 0.595 bits per heavy atom. The van der Waals surface area contributed by atoms with E-state index in [-0.39, 0.29) is 50.7 Å². The lowest BCUT2D eigenvalue weighted by Crippen LogP contribution is -2.13. The van der Waals surface area contributed by atoms with Crippen molar-refractivity contribution in [1.29, 1.82) is 0 Å². The first-order chi connectivity index (χ1) is 17.2. The van der Waals surface area contributed by atoms with Gasteiger partial charge in [-0.2, -0.15) is 0 Å². The molecule has 0 unspecified atom stereocenters. The Morgan fingerprint density at radius 3 is 1.51 bits per heavy atom. The number of hydrogen-bond acceptors (Lipinski definition) is 8. The second-order valence-electron chi connectivity index (χ2n) is 8.12. The van der Waals surface area contributed by atoms with Gasteiger partial charge in [0.25, 0.3) is 0 Å². The Balaban J connectivity index is 2.71. The van der Waals surface area contributed by atoms with Gasteiger partial charge in [-0.05, 0) is 51.5 Å². The molecule has 2 aromatic carbocycles. The number of benzene rings is 2. The zero-order chi connectivity index (χ0) is 28.0. The summed E-state index contributed by atoms with van der Waals surface area (Å²) in [5, 5.41) is 0. The lowest BCUT2D eigenvalue weighted by molar-refractivity contribution is -0.132. The molecule has 0 amide bonds. The number of ether oxygens (including phenoxy) is 4. The van der Waals surface area contributed by atoms with Crippen molar-refractivity contribution in [2.75, 3.05) is 0 Å². The Hall–Kier alpha value is -4.79. The molecule has 0 aromatic heterocycles. The monoisotopic (exact) mass is 508 g/mol. The molecular formula is C28H25FO8. The molecule has 0 saturated heterocycles. The van der Waals surface area contributed by atoms with Crippen LogP contribution in [-0.4, -0.2) is 23.9 Å². The highest BCUT2D eigenvalue weighted by molar-refractivity contribution is 5.92. The van der Waals surface area contributed by atoms with Crippen molar-refractivity contribution >= 4 is 23.9 Å². The molecule has 0 heterocycles. The van der Waals surface area contributed by atoms with E-state index in [0.29, 0.717) is 0 Å². The maximum atomic E-state index is 15.5. The van der Waals surface area contributed by atoms with Crippen molar-refractivity contribution in [3.63, 3.8) is 0 Å². The summed E-state index contributed by atoms with van der Waals surface area (Å²) in [6.07, 6.45) is 0. The van der Waals surface area contributed by atoms with Gasteiger partial charge in [-0.25, -0.2) is 23.6 Å². The summed E-state index contributed by atoms with van der Waals surface area (Å²) in [4.78, 5) is 48.4. The molecule has 0 aliphatic heterocycles. The standard InChI is InChI=1S/C28H25FO8/c1-14(2)25(30)34-19-12-20(24(29)23(13-19)37-28(33)17(7)8)18-9-10-21(35-26(31)15(3)4)22(11-18)36-27(32)16(5)6/h9-13H,1,3,5,7H2,2,4,6,8H3. The van der Waals surface area contributed by atoms with Gasteiger partial charge in [0.1, 0.15) is 5.75 Å². The van der Waals surface area contributed by atoms with Gasteiger partial charge in [-0.3, -0.25) is 0 Å². The number of halogens is 1. The second-order valence-corrected chi connectivity index (χ2v) is 8.12. The van der Waals surface area contributed by atoms with Crippen molar-refractivity contribution < 1.29 is 42.5 Å². The Morgan fingerprint density at radius 2 is 1.03 bits per heavy atom. The number of hydrogen-bond donors (Lipinski definition) is 0. The van der Waals surface area contributed by atoms with E-state index in [4.69, 9.17) is 18.9 Å². The quantitative estimate of drug-likeness (QED) is 0.251. The predicted octanol–water partition coefficient (Wildman–Crippen LogP) is 5.42. The van der Waals surface area contributed by atoms with Gasteiger partial charge in [0.05, 0.1) is 0 Å². The number of rotatable bonds is 9. The summed E-state index contributed by atoms with van der Waals surface area (Å²) >= 11 is 0. The van der Waals surface area contributed by atoms with Crippen LogP contribution in [0.15, 0.2) is 78.9 Å². The molecule has 0 aliphatic carbocycles.